The molecule has 0 bridgehead atoms. The van der Waals surface area contributed by atoms with Crippen molar-refractivity contribution in [2.45, 2.75) is 25.8 Å². The van der Waals surface area contributed by atoms with Crippen molar-refractivity contribution in [3.8, 4) is 0 Å². The summed E-state index contributed by atoms with van der Waals surface area (Å²) in [6, 6.07) is 8.74. The van der Waals surface area contributed by atoms with Crippen LogP contribution >= 0.6 is 11.3 Å². The molecule has 0 spiro atoms. The van der Waals surface area contributed by atoms with E-state index < -0.39 is 0 Å². The fourth-order valence-corrected chi connectivity index (χ4v) is 3.94. The monoisotopic (exact) mass is 289 g/mol. The Morgan fingerprint density at radius 2 is 2.30 bits per heavy atom. The van der Waals surface area contributed by atoms with Crippen LogP contribution in [0.5, 0.6) is 0 Å². The lowest BCUT2D eigenvalue weighted by Crippen LogP contribution is -2.37. The fraction of sp³-hybridized carbons (Fsp3) is 0.562. The third kappa shape index (κ3) is 3.19. The minimum absolute atomic E-state index is 0.347. The molecule has 3 nitrogen and oxygen atoms in total. The van der Waals surface area contributed by atoms with Crippen LogP contribution in [0.4, 0.5) is 0 Å². The summed E-state index contributed by atoms with van der Waals surface area (Å²) in [5, 5.41) is 4.88. The second-order valence-corrected chi connectivity index (χ2v) is 6.98. The highest BCUT2D eigenvalue weighted by molar-refractivity contribution is 7.18. The summed E-state index contributed by atoms with van der Waals surface area (Å²) >= 11 is 1.81. The van der Waals surface area contributed by atoms with Crippen LogP contribution in [0.2, 0.25) is 0 Å². The number of nitrogens with zero attached hydrogens (tertiary/aromatic N) is 2. The number of piperidine rings is 1. The summed E-state index contributed by atoms with van der Waals surface area (Å²) in [5.74, 6) is 0.783. The number of rotatable bonds is 4. The number of hydrogen-bond acceptors (Lipinski definition) is 4. The molecule has 1 aliphatic heterocycles. The van der Waals surface area contributed by atoms with Gasteiger partial charge in [0.15, 0.2) is 0 Å². The minimum Gasteiger partial charge on any atom is -0.308 e. The topological polar surface area (TPSA) is 28.2 Å². The number of likely N-dealkylation sites (tertiary alicyclic amines) is 1. The Balaban J connectivity index is 1.59. The van der Waals surface area contributed by atoms with Gasteiger partial charge in [-0.2, -0.15) is 0 Å². The van der Waals surface area contributed by atoms with Gasteiger partial charge in [0, 0.05) is 6.54 Å². The van der Waals surface area contributed by atoms with Gasteiger partial charge in [-0.05, 0) is 58.0 Å². The van der Waals surface area contributed by atoms with Gasteiger partial charge < -0.3 is 10.2 Å². The molecule has 0 saturated carbocycles. The van der Waals surface area contributed by atoms with E-state index in [1.807, 2.05) is 11.3 Å². The molecule has 3 rings (SSSR count). The van der Waals surface area contributed by atoms with Crippen LogP contribution < -0.4 is 5.32 Å². The zero-order chi connectivity index (χ0) is 13.9. The molecule has 108 valence electrons. The average molecular weight is 289 g/mol. The number of aromatic nitrogens is 1. The van der Waals surface area contributed by atoms with Gasteiger partial charge in [-0.15, -0.1) is 11.3 Å². The van der Waals surface area contributed by atoms with E-state index >= 15 is 0 Å². The zero-order valence-corrected chi connectivity index (χ0v) is 13.1. The molecule has 1 aliphatic rings. The van der Waals surface area contributed by atoms with Gasteiger partial charge in [-0.25, -0.2) is 4.98 Å². The summed E-state index contributed by atoms with van der Waals surface area (Å²) < 4.78 is 1.29. The normalized spacial score (nSPS) is 22.2. The Kier molecular flexibility index (Phi) is 4.34. The maximum Gasteiger partial charge on any atom is 0.111 e. The molecule has 0 aliphatic carbocycles. The molecule has 1 N–H and O–H groups in total. The van der Waals surface area contributed by atoms with E-state index in [0.717, 1.165) is 18.0 Å². The van der Waals surface area contributed by atoms with Gasteiger partial charge in [0.25, 0.3) is 0 Å². The summed E-state index contributed by atoms with van der Waals surface area (Å²) in [6.07, 6.45) is 2.68. The van der Waals surface area contributed by atoms with Gasteiger partial charge in [-0.3, -0.25) is 0 Å². The summed E-state index contributed by atoms with van der Waals surface area (Å²) in [7, 11) is 2.23. The second kappa shape index (κ2) is 6.20. The smallest absolute Gasteiger partial charge is 0.111 e. The Labute approximate surface area is 125 Å². The van der Waals surface area contributed by atoms with Gasteiger partial charge in [0.2, 0.25) is 0 Å². The van der Waals surface area contributed by atoms with Crippen molar-refractivity contribution in [1.82, 2.24) is 15.2 Å². The summed E-state index contributed by atoms with van der Waals surface area (Å²) in [6.45, 7) is 5.80. The largest absolute Gasteiger partial charge is 0.308 e. The lowest BCUT2D eigenvalue weighted by atomic mass is 9.98. The first-order valence-electron chi connectivity index (χ1n) is 7.50. The van der Waals surface area contributed by atoms with Crippen LogP contribution in [0.15, 0.2) is 24.3 Å². The number of hydrogen-bond donors (Lipinski definition) is 1. The van der Waals surface area contributed by atoms with Crippen LogP contribution in [0.1, 0.15) is 30.8 Å². The Morgan fingerprint density at radius 1 is 1.45 bits per heavy atom. The van der Waals surface area contributed by atoms with Crippen molar-refractivity contribution in [2.24, 2.45) is 5.92 Å². The van der Waals surface area contributed by atoms with E-state index in [9.17, 15) is 0 Å². The highest BCUT2D eigenvalue weighted by Crippen LogP contribution is 2.26. The Bertz CT molecular complexity index is 533. The van der Waals surface area contributed by atoms with Crippen LogP contribution in [0, 0.1) is 5.92 Å². The predicted octanol–water partition coefficient (Wildman–Crippen LogP) is 3.29. The molecule has 1 fully saturated rings. The van der Waals surface area contributed by atoms with Gasteiger partial charge in [-0.1, -0.05) is 12.1 Å². The molecule has 0 amide bonds. The SMILES string of the molecule is CC(NCC1CCCN(C)C1)c1nc2ccccc2s1. The standard InChI is InChI=1S/C16H23N3S/c1-12(17-10-13-6-5-9-19(2)11-13)16-18-14-7-3-4-8-15(14)20-16/h3-4,7-8,12-13,17H,5-6,9-11H2,1-2H3. The molecule has 1 aromatic carbocycles. The number of benzene rings is 1. The molecule has 20 heavy (non-hydrogen) atoms. The number of para-hydroxylation sites is 1. The van der Waals surface area contributed by atoms with E-state index in [1.165, 1.54) is 35.6 Å². The van der Waals surface area contributed by atoms with Crippen molar-refractivity contribution in [3.05, 3.63) is 29.3 Å². The molecule has 0 radical (unpaired) electrons. The third-order valence-corrected chi connectivity index (χ3v) is 5.33. The van der Waals surface area contributed by atoms with Crippen LogP contribution in [-0.4, -0.2) is 36.6 Å². The van der Waals surface area contributed by atoms with E-state index in [2.05, 4.69) is 48.5 Å². The zero-order valence-electron chi connectivity index (χ0n) is 12.3. The first kappa shape index (κ1) is 14.0. The molecular weight excluding hydrogens is 266 g/mol. The maximum atomic E-state index is 4.74. The maximum absolute atomic E-state index is 4.74. The lowest BCUT2D eigenvalue weighted by molar-refractivity contribution is 0.203. The summed E-state index contributed by atoms with van der Waals surface area (Å²) in [5.41, 5.74) is 1.12. The summed E-state index contributed by atoms with van der Waals surface area (Å²) in [4.78, 5) is 7.18. The fourth-order valence-electron chi connectivity index (χ4n) is 2.95. The number of nitrogens with one attached hydrogen (secondary N) is 1. The lowest BCUT2D eigenvalue weighted by Gasteiger charge is -2.30. The van der Waals surface area contributed by atoms with E-state index in [0.29, 0.717) is 6.04 Å². The van der Waals surface area contributed by atoms with Crippen LogP contribution in [-0.2, 0) is 0 Å². The highest BCUT2D eigenvalue weighted by Gasteiger charge is 2.18. The van der Waals surface area contributed by atoms with E-state index in [-0.39, 0.29) is 0 Å². The predicted molar refractivity (Wildman–Crippen MR) is 86.3 cm³/mol. The molecular formula is C16H23N3S. The Morgan fingerprint density at radius 3 is 3.10 bits per heavy atom. The second-order valence-electron chi connectivity index (χ2n) is 5.92. The average Bonchev–Trinajstić information content (AvgIpc) is 2.89. The minimum atomic E-state index is 0.347. The first-order chi connectivity index (χ1) is 9.72. The molecule has 1 saturated heterocycles. The van der Waals surface area contributed by atoms with Gasteiger partial charge >= 0.3 is 0 Å². The van der Waals surface area contributed by atoms with Crippen molar-refractivity contribution < 1.29 is 0 Å². The van der Waals surface area contributed by atoms with Gasteiger partial charge in [0.1, 0.15) is 5.01 Å². The molecule has 2 atom stereocenters. The van der Waals surface area contributed by atoms with Gasteiger partial charge in [0.05, 0.1) is 16.3 Å². The van der Waals surface area contributed by atoms with Crippen molar-refractivity contribution >= 4 is 21.6 Å². The van der Waals surface area contributed by atoms with Crippen LogP contribution in [0.3, 0.4) is 0 Å². The van der Waals surface area contributed by atoms with Crippen LogP contribution in [0.25, 0.3) is 10.2 Å². The highest BCUT2D eigenvalue weighted by atomic mass is 32.1. The van der Waals surface area contributed by atoms with E-state index in [1.54, 1.807) is 0 Å². The van der Waals surface area contributed by atoms with Crippen molar-refractivity contribution in [1.29, 1.82) is 0 Å². The third-order valence-electron chi connectivity index (χ3n) is 4.12. The number of thiazole rings is 1. The van der Waals surface area contributed by atoms with E-state index in [4.69, 9.17) is 4.98 Å². The number of fused-ring (bicyclic) bond motifs is 1. The molecule has 2 unspecified atom stereocenters. The van der Waals surface area contributed by atoms with Crippen molar-refractivity contribution in [3.63, 3.8) is 0 Å². The molecule has 4 heteroatoms. The molecule has 1 aromatic heterocycles. The van der Waals surface area contributed by atoms with Crippen molar-refractivity contribution in [2.75, 3.05) is 26.7 Å². The quantitative estimate of drug-likeness (QED) is 0.936. The Hall–Kier alpha value is -0.970. The molecule has 2 aromatic rings. The molecule has 2 heterocycles. The first-order valence-corrected chi connectivity index (χ1v) is 8.31.